The molecule has 2 aromatic rings. The van der Waals surface area contributed by atoms with Crippen LogP contribution in [0.25, 0.3) is 0 Å². The van der Waals surface area contributed by atoms with Gasteiger partial charge < -0.3 is 10.2 Å². The first-order chi connectivity index (χ1) is 14.3. The highest BCUT2D eigenvalue weighted by atomic mass is 35.5. The number of hydrogen-bond donors (Lipinski definition) is 2. The van der Waals surface area contributed by atoms with Gasteiger partial charge >= 0.3 is 0 Å². The normalized spacial score (nSPS) is 21.2. The van der Waals surface area contributed by atoms with E-state index in [4.69, 9.17) is 11.6 Å². The van der Waals surface area contributed by atoms with E-state index in [1.54, 1.807) is 42.5 Å². The summed E-state index contributed by atoms with van der Waals surface area (Å²) < 4.78 is 29.3. The van der Waals surface area contributed by atoms with Crippen molar-refractivity contribution in [3.8, 4) is 0 Å². The van der Waals surface area contributed by atoms with Crippen LogP contribution in [0.1, 0.15) is 32.6 Å². The van der Waals surface area contributed by atoms with Gasteiger partial charge in [-0.25, -0.2) is 8.42 Å². The van der Waals surface area contributed by atoms with E-state index in [0.29, 0.717) is 28.0 Å². The zero-order valence-corrected chi connectivity index (χ0v) is 18.5. The molecule has 1 aliphatic heterocycles. The van der Waals surface area contributed by atoms with E-state index in [-0.39, 0.29) is 16.7 Å². The third-order valence-corrected chi connectivity index (χ3v) is 7.50. The Hall–Kier alpha value is -2.25. The van der Waals surface area contributed by atoms with E-state index < -0.39 is 10.0 Å². The van der Waals surface area contributed by atoms with E-state index in [0.717, 1.165) is 38.8 Å². The molecule has 1 saturated carbocycles. The number of para-hydroxylation sites is 1. The molecular weight excluding hydrogens is 422 g/mol. The van der Waals surface area contributed by atoms with Gasteiger partial charge in [-0.1, -0.05) is 30.7 Å². The number of carbonyl (C=O) groups excluding carboxylic acids is 1. The number of amides is 1. The maximum absolute atomic E-state index is 13.3. The lowest BCUT2D eigenvalue weighted by atomic mass is 10.1. The Morgan fingerprint density at radius 1 is 1.10 bits per heavy atom. The summed E-state index contributed by atoms with van der Waals surface area (Å²) >= 11 is 6.17. The number of hydrogen-bond acceptors (Lipinski definition) is 4. The standard InChI is InChI=1S/C22H26ClN3O3S/c1-15-13-17(15)22(27)24-16-9-10-20(26-11-5-2-6-12-26)21(14-16)30(28,29)25-19-8-4-3-7-18(19)23/h3-4,7-10,14-15,17,25H,2,5-6,11-13H2,1H3,(H,24,27)/t15-,17-/m0/s1. The van der Waals surface area contributed by atoms with E-state index in [1.165, 1.54) is 0 Å². The summed E-state index contributed by atoms with van der Waals surface area (Å²) in [6.07, 6.45) is 4.06. The third-order valence-electron chi connectivity index (χ3n) is 5.78. The molecule has 4 rings (SSSR count). The molecule has 2 atom stereocenters. The summed E-state index contributed by atoms with van der Waals surface area (Å²) in [5, 5.41) is 3.20. The van der Waals surface area contributed by atoms with Crippen LogP contribution in [0.4, 0.5) is 17.1 Å². The van der Waals surface area contributed by atoms with Crippen molar-refractivity contribution in [2.45, 2.75) is 37.5 Å². The minimum Gasteiger partial charge on any atom is -0.370 e. The van der Waals surface area contributed by atoms with Gasteiger partial charge in [0.15, 0.2) is 0 Å². The second-order valence-corrected chi connectivity index (χ2v) is 10.2. The van der Waals surface area contributed by atoms with Crippen LogP contribution in [0.15, 0.2) is 47.4 Å². The van der Waals surface area contributed by atoms with Crippen LogP contribution in [0.3, 0.4) is 0 Å². The first kappa shape index (κ1) is 21.0. The van der Waals surface area contributed by atoms with Gasteiger partial charge in [-0.3, -0.25) is 9.52 Å². The number of nitrogens with one attached hydrogen (secondary N) is 2. The lowest BCUT2D eigenvalue weighted by Gasteiger charge is -2.30. The molecule has 0 spiro atoms. The maximum atomic E-state index is 13.3. The lowest BCUT2D eigenvalue weighted by molar-refractivity contribution is -0.117. The molecule has 1 aliphatic carbocycles. The van der Waals surface area contributed by atoms with Crippen molar-refractivity contribution in [1.29, 1.82) is 0 Å². The van der Waals surface area contributed by atoms with Crippen LogP contribution < -0.4 is 14.9 Å². The summed E-state index contributed by atoms with van der Waals surface area (Å²) in [6.45, 7) is 3.65. The van der Waals surface area contributed by atoms with Crippen molar-refractivity contribution >= 4 is 44.6 Å². The molecule has 2 aliphatic rings. The molecule has 1 amide bonds. The summed E-state index contributed by atoms with van der Waals surface area (Å²) in [6, 6.07) is 11.9. The van der Waals surface area contributed by atoms with Gasteiger partial charge in [0.2, 0.25) is 5.91 Å². The van der Waals surface area contributed by atoms with Crippen molar-refractivity contribution in [2.75, 3.05) is 28.0 Å². The number of nitrogens with zero attached hydrogens (tertiary/aromatic N) is 1. The van der Waals surface area contributed by atoms with E-state index in [2.05, 4.69) is 14.9 Å². The van der Waals surface area contributed by atoms with Gasteiger partial charge in [0.25, 0.3) is 10.0 Å². The Morgan fingerprint density at radius 2 is 1.80 bits per heavy atom. The molecule has 2 fully saturated rings. The number of benzene rings is 2. The summed E-state index contributed by atoms with van der Waals surface area (Å²) in [5.74, 6) is 0.325. The number of rotatable bonds is 6. The molecule has 2 N–H and O–H groups in total. The molecule has 2 aromatic carbocycles. The molecule has 0 aromatic heterocycles. The fourth-order valence-electron chi connectivity index (χ4n) is 3.87. The van der Waals surface area contributed by atoms with Crippen molar-refractivity contribution in [1.82, 2.24) is 0 Å². The minimum absolute atomic E-state index is 0.00748. The van der Waals surface area contributed by atoms with Crippen LogP contribution in [0.5, 0.6) is 0 Å². The number of piperidine rings is 1. The van der Waals surface area contributed by atoms with Crippen molar-refractivity contribution in [3.05, 3.63) is 47.5 Å². The molecule has 30 heavy (non-hydrogen) atoms. The van der Waals surface area contributed by atoms with Crippen LogP contribution >= 0.6 is 11.6 Å². The van der Waals surface area contributed by atoms with E-state index >= 15 is 0 Å². The van der Waals surface area contributed by atoms with Crippen LogP contribution in [0, 0.1) is 11.8 Å². The topological polar surface area (TPSA) is 78.5 Å². The molecule has 1 heterocycles. The molecule has 160 valence electrons. The first-order valence-electron chi connectivity index (χ1n) is 10.3. The van der Waals surface area contributed by atoms with Gasteiger partial charge in [-0.15, -0.1) is 0 Å². The fraction of sp³-hybridized carbons (Fsp3) is 0.409. The van der Waals surface area contributed by atoms with Crippen LogP contribution in [-0.2, 0) is 14.8 Å². The van der Waals surface area contributed by atoms with Crippen molar-refractivity contribution in [2.24, 2.45) is 11.8 Å². The average Bonchev–Trinajstić information content (AvgIpc) is 3.47. The Balaban J connectivity index is 1.68. The molecule has 0 radical (unpaired) electrons. The van der Waals surface area contributed by atoms with Gasteiger partial charge in [0, 0.05) is 24.7 Å². The highest BCUT2D eigenvalue weighted by Crippen LogP contribution is 2.39. The smallest absolute Gasteiger partial charge is 0.264 e. The Labute approximate surface area is 182 Å². The van der Waals surface area contributed by atoms with E-state index in [1.807, 2.05) is 6.92 Å². The predicted octanol–water partition coefficient (Wildman–Crippen LogP) is 4.73. The molecule has 0 unspecified atom stereocenters. The van der Waals surface area contributed by atoms with Crippen LogP contribution in [-0.4, -0.2) is 27.4 Å². The second kappa shape index (κ2) is 8.47. The van der Waals surface area contributed by atoms with Gasteiger partial charge in [-0.05, 0) is 61.9 Å². The third kappa shape index (κ3) is 4.57. The van der Waals surface area contributed by atoms with Gasteiger partial charge in [0.1, 0.15) is 4.90 Å². The summed E-state index contributed by atoms with van der Waals surface area (Å²) in [5.41, 5.74) is 1.46. The zero-order chi connectivity index (χ0) is 21.3. The summed E-state index contributed by atoms with van der Waals surface area (Å²) in [4.78, 5) is 14.6. The summed E-state index contributed by atoms with van der Waals surface area (Å²) in [7, 11) is -3.92. The van der Waals surface area contributed by atoms with Crippen LogP contribution in [0.2, 0.25) is 5.02 Å². The van der Waals surface area contributed by atoms with Crippen molar-refractivity contribution < 1.29 is 13.2 Å². The molecule has 6 nitrogen and oxygen atoms in total. The average molecular weight is 448 g/mol. The monoisotopic (exact) mass is 447 g/mol. The van der Waals surface area contributed by atoms with Gasteiger partial charge in [-0.2, -0.15) is 0 Å². The zero-order valence-electron chi connectivity index (χ0n) is 16.9. The minimum atomic E-state index is -3.92. The lowest BCUT2D eigenvalue weighted by Crippen LogP contribution is -2.31. The number of sulfonamides is 1. The predicted molar refractivity (Wildman–Crippen MR) is 121 cm³/mol. The quantitative estimate of drug-likeness (QED) is 0.671. The van der Waals surface area contributed by atoms with Crippen molar-refractivity contribution in [3.63, 3.8) is 0 Å². The maximum Gasteiger partial charge on any atom is 0.264 e. The molecular formula is C22H26ClN3O3S. The fourth-order valence-corrected chi connectivity index (χ4v) is 5.44. The van der Waals surface area contributed by atoms with Gasteiger partial charge in [0.05, 0.1) is 16.4 Å². The molecule has 8 heteroatoms. The molecule has 0 bridgehead atoms. The first-order valence-corrected chi connectivity index (χ1v) is 12.2. The Kier molecular flexibility index (Phi) is 5.93. The number of halogens is 1. The number of anilines is 3. The molecule has 1 saturated heterocycles. The highest BCUT2D eigenvalue weighted by molar-refractivity contribution is 7.93. The highest BCUT2D eigenvalue weighted by Gasteiger charge is 2.39. The SMILES string of the molecule is C[C@H]1C[C@@H]1C(=O)Nc1ccc(N2CCCCC2)c(S(=O)(=O)Nc2ccccc2Cl)c1. The number of carbonyl (C=O) groups is 1. The second-order valence-electron chi connectivity index (χ2n) is 8.12. The largest absolute Gasteiger partial charge is 0.370 e. The van der Waals surface area contributed by atoms with E-state index in [9.17, 15) is 13.2 Å². The Bertz CT molecular complexity index is 1050. The Morgan fingerprint density at radius 3 is 2.47 bits per heavy atom.